The van der Waals surface area contributed by atoms with Crippen molar-refractivity contribution in [3.63, 3.8) is 0 Å². The summed E-state index contributed by atoms with van der Waals surface area (Å²) in [7, 11) is 4.18. The molecule has 262 valence electrons. The summed E-state index contributed by atoms with van der Waals surface area (Å²) in [5.74, 6) is 2.37. The van der Waals surface area contributed by atoms with E-state index in [4.69, 9.17) is 10.00 Å². The molecule has 0 aromatic heterocycles. The molecular formula is C48H54N2O. The van der Waals surface area contributed by atoms with Crippen LogP contribution in [0.3, 0.4) is 0 Å². The smallest absolute Gasteiger partial charge is 0.177 e. The van der Waals surface area contributed by atoms with Gasteiger partial charge in [-0.05, 0) is 103 Å². The topological polar surface area (TPSA) is 36.3 Å². The third kappa shape index (κ3) is 6.94. The summed E-state index contributed by atoms with van der Waals surface area (Å²) in [5, 5.41) is 7.62. The Bertz CT molecular complexity index is 1980. The molecule has 2 aliphatic carbocycles. The SMILES string of the molecule is CC1=C2OC(c3ccccc3)(c3ccc(N(C)C)cc3)C=CC2(C)CC(c2ccccc2C2CCCCC2C)=C1c1ccccc1C.CCC#N. The Morgan fingerprint density at radius 3 is 2.04 bits per heavy atom. The number of allylic oxidation sites excluding steroid dienone is 4. The zero-order chi connectivity index (χ0) is 36.2. The summed E-state index contributed by atoms with van der Waals surface area (Å²) in [5.41, 5.74) is 12.0. The third-order valence-electron chi connectivity index (χ3n) is 11.4. The van der Waals surface area contributed by atoms with Gasteiger partial charge in [-0.15, -0.1) is 0 Å². The number of anilines is 1. The second kappa shape index (κ2) is 15.2. The first-order valence-electron chi connectivity index (χ1n) is 18.8. The summed E-state index contributed by atoms with van der Waals surface area (Å²) >= 11 is 0. The van der Waals surface area contributed by atoms with Gasteiger partial charge in [0, 0.05) is 42.7 Å². The average molecular weight is 675 g/mol. The first kappa shape index (κ1) is 36.0. The minimum absolute atomic E-state index is 0.279. The van der Waals surface area contributed by atoms with Crippen LogP contribution < -0.4 is 4.90 Å². The molecule has 3 nitrogen and oxygen atoms in total. The second-order valence-electron chi connectivity index (χ2n) is 15.2. The highest BCUT2D eigenvalue weighted by atomic mass is 16.5. The van der Waals surface area contributed by atoms with E-state index in [2.05, 4.69) is 162 Å². The Morgan fingerprint density at radius 1 is 0.784 bits per heavy atom. The van der Waals surface area contributed by atoms with Gasteiger partial charge >= 0.3 is 0 Å². The normalized spacial score (nSPS) is 24.1. The van der Waals surface area contributed by atoms with Crippen molar-refractivity contribution < 1.29 is 4.74 Å². The van der Waals surface area contributed by atoms with E-state index in [9.17, 15) is 0 Å². The van der Waals surface area contributed by atoms with Gasteiger partial charge in [0.2, 0.25) is 0 Å². The molecule has 0 bridgehead atoms. The van der Waals surface area contributed by atoms with Crippen molar-refractivity contribution in [2.45, 2.75) is 84.7 Å². The maximum Gasteiger partial charge on any atom is 0.177 e. The van der Waals surface area contributed by atoms with Crippen molar-refractivity contribution in [1.29, 1.82) is 5.26 Å². The summed E-state index contributed by atoms with van der Waals surface area (Å²) in [6.07, 6.45) is 11.6. The van der Waals surface area contributed by atoms with E-state index in [1.165, 1.54) is 70.3 Å². The highest BCUT2D eigenvalue weighted by molar-refractivity contribution is 6.01. The largest absolute Gasteiger partial charge is 0.477 e. The van der Waals surface area contributed by atoms with E-state index in [-0.39, 0.29) is 5.41 Å². The number of rotatable bonds is 6. The van der Waals surface area contributed by atoms with Crippen LogP contribution in [-0.2, 0) is 10.3 Å². The Kier molecular flexibility index (Phi) is 10.7. The average Bonchev–Trinajstić information content (AvgIpc) is 3.16. The lowest BCUT2D eigenvalue weighted by molar-refractivity contribution is 0.0304. The lowest BCUT2D eigenvalue weighted by atomic mass is 9.66. The monoisotopic (exact) mass is 674 g/mol. The zero-order valence-corrected chi connectivity index (χ0v) is 31.7. The van der Waals surface area contributed by atoms with E-state index in [0.717, 1.165) is 23.3 Å². The van der Waals surface area contributed by atoms with E-state index < -0.39 is 5.60 Å². The number of ether oxygens (including phenoxy) is 1. The quantitative estimate of drug-likeness (QED) is 0.191. The molecular weight excluding hydrogens is 621 g/mol. The van der Waals surface area contributed by atoms with E-state index in [1.54, 1.807) is 0 Å². The minimum atomic E-state index is -0.730. The molecule has 4 aromatic carbocycles. The van der Waals surface area contributed by atoms with Crippen LogP contribution in [0.25, 0.3) is 11.1 Å². The van der Waals surface area contributed by atoms with Crippen molar-refractivity contribution in [2.24, 2.45) is 11.3 Å². The lowest BCUT2D eigenvalue weighted by Gasteiger charge is -2.47. The third-order valence-corrected chi connectivity index (χ3v) is 11.4. The molecule has 51 heavy (non-hydrogen) atoms. The predicted octanol–water partition coefficient (Wildman–Crippen LogP) is 12.4. The molecule has 1 saturated carbocycles. The molecule has 4 atom stereocenters. The first-order valence-corrected chi connectivity index (χ1v) is 18.8. The maximum atomic E-state index is 7.62. The molecule has 0 spiro atoms. The highest BCUT2D eigenvalue weighted by Crippen LogP contribution is 2.57. The standard InChI is InChI=1S/C45H49NO.C3H5N/c1-31-16-10-12-20-37(31)39-22-14-15-23-40(39)41-30-44(4)28-29-45(34-18-8-7-9-19-34,35-24-26-36(27-25-35)46(5)6)47-43(44)33(3)42(41)38-21-13-11-17-32(38)2;1-2-3-4/h7-9,11,13-15,17-19,21-29,31,37H,10,12,16,20,30H2,1-6H3;2H2,1H3. The molecule has 0 radical (unpaired) electrons. The highest BCUT2D eigenvalue weighted by Gasteiger charge is 2.47. The summed E-state index contributed by atoms with van der Waals surface area (Å²) < 4.78 is 7.55. The van der Waals surface area contributed by atoms with Gasteiger partial charge in [0.1, 0.15) is 5.76 Å². The number of fused-ring (bicyclic) bond motifs is 1. The van der Waals surface area contributed by atoms with Crippen LogP contribution in [0, 0.1) is 29.6 Å². The van der Waals surface area contributed by atoms with Crippen LogP contribution >= 0.6 is 0 Å². The van der Waals surface area contributed by atoms with Gasteiger partial charge in [-0.1, -0.05) is 130 Å². The van der Waals surface area contributed by atoms with Gasteiger partial charge in [-0.2, -0.15) is 5.26 Å². The number of hydrogen-bond acceptors (Lipinski definition) is 3. The van der Waals surface area contributed by atoms with Gasteiger partial charge < -0.3 is 9.64 Å². The molecule has 7 rings (SSSR count). The molecule has 0 saturated heterocycles. The van der Waals surface area contributed by atoms with Gasteiger partial charge in [-0.25, -0.2) is 0 Å². The minimum Gasteiger partial charge on any atom is -0.477 e. The van der Waals surface area contributed by atoms with Crippen molar-refractivity contribution in [2.75, 3.05) is 19.0 Å². The Morgan fingerprint density at radius 2 is 1.39 bits per heavy atom. The molecule has 4 aromatic rings. The molecule has 0 N–H and O–H groups in total. The van der Waals surface area contributed by atoms with Gasteiger partial charge in [0.25, 0.3) is 0 Å². The zero-order valence-electron chi connectivity index (χ0n) is 31.7. The fourth-order valence-electron chi connectivity index (χ4n) is 8.62. The molecule has 0 amide bonds. The summed E-state index contributed by atoms with van der Waals surface area (Å²) in [6.45, 7) is 11.2. The van der Waals surface area contributed by atoms with Crippen LogP contribution in [0.5, 0.6) is 0 Å². The van der Waals surface area contributed by atoms with Crippen molar-refractivity contribution in [3.05, 3.63) is 160 Å². The van der Waals surface area contributed by atoms with E-state index in [0.29, 0.717) is 18.3 Å². The second-order valence-corrected chi connectivity index (χ2v) is 15.2. The number of nitrogens with zero attached hydrogens (tertiary/aromatic N) is 2. The van der Waals surface area contributed by atoms with Gasteiger partial charge in [-0.3, -0.25) is 0 Å². The van der Waals surface area contributed by atoms with Gasteiger partial charge in [0.05, 0.1) is 6.07 Å². The van der Waals surface area contributed by atoms with Crippen molar-refractivity contribution in [1.82, 2.24) is 0 Å². The molecule has 3 aliphatic rings. The summed E-state index contributed by atoms with van der Waals surface area (Å²) in [6, 6.07) is 39.8. The Hall–Kier alpha value is -4.81. The summed E-state index contributed by atoms with van der Waals surface area (Å²) in [4.78, 5) is 2.15. The number of nitriles is 1. The molecule has 1 fully saturated rings. The van der Waals surface area contributed by atoms with Crippen LogP contribution in [0.1, 0.15) is 106 Å². The number of hydrogen-bond donors (Lipinski definition) is 0. The molecule has 1 aliphatic heterocycles. The number of benzene rings is 4. The first-order chi connectivity index (χ1) is 24.6. The van der Waals surface area contributed by atoms with E-state index in [1.807, 2.05) is 13.0 Å². The van der Waals surface area contributed by atoms with Crippen LogP contribution in [0.4, 0.5) is 5.69 Å². The molecule has 4 unspecified atom stereocenters. The fourth-order valence-corrected chi connectivity index (χ4v) is 8.62. The number of aryl methyl sites for hydroxylation is 1. The van der Waals surface area contributed by atoms with E-state index >= 15 is 0 Å². The van der Waals surface area contributed by atoms with Crippen molar-refractivity contribution >= 4 is 16.8 Å². The predicted molar refractivity (Wildman–Crippen MR) is 214 cm³/mol. The molecule has 1 heterocycles. The van der Waals surface area contributed by atoms with Crippen LogP contribution in [-0.4, -0.2) is 14.1 Å². The fraction of sp³-hybridized carbons (Fsp3) is 0.354. The van der Waals surface area contributed by atoms with Crippen LogP contribution in [0.15, 0.2) is 127 Å². The lowest BCUT2D eigenvalue weighted by Crippen LogP contribution is -2.39. The van der Waals surface area contributed by atoms with Gasteiger partial charge in [0.15, 0.2) is 5.60 Å². The van der Waals surface area contributed by atoms with Crippen LogP contribution in [0.2, 0.25) is 0 Å². The molecule has 3 heteroatoms. The maximum absolute atomic E-state index is 7.62. The van der Waals surface area contributed by atoms with Crippen molar-refractivity contribution in [3.8, 4) is 6.07 Å². The Balaban J connectivity index is 0.00000107. The Labute approximate surface area is 307 Å².